The Kier molecular flexibility index (Phi) is 7.85. The quantitative estimate of drug-likeness (QED) is 0.669. The second-order valence-corrected chi connectivity index (χ2v) is 5.79. The molecule has 96 valence electrons. The Morgan fingerprint density at radius 2 is 2.12 bits per heavy atom. The number of likely N-dealkylation sites (N-methyl/N-ethyl adjacent to an activating group) is 1. The molecule has 2 atom stereocenters. The SMILES string of the molecule is CCCSC(C)CC(C)(NCC)C(=O)OC. The van der Waals surface area contributed by atoms with Gasteiger partial charge in [-0.25, -0.2) is 0 Å². The first-order chi connectivity index (χ1) is 7.50. The Balaban J connectivity index is 4.36. The van der Waals surface area contributed by atoms with E-state index in [-0.39, 0.29) is 5.97 Å². The summed E-state index contributed by atoms with van der Waals surface area (Å²) in [5.74, 6) is 0.975. The average Bonchev–Trinajstić information content (AvgIpc) is 2.25. The zero-order valence-corrected chi connectivity index (χ0v) is 11.9. The van der Waals surface area contributed by atoms with Gasteiger partial charge in [-0.3, -0.25) is 4.79 Å². The van der Waals surface area contributed by atoms with Crippen LogP contribution < -0.4 is 5.32 Å². The smallest absolute Gasteiger partial charge is 0.325 e. The summed E-state index contributed by atoms with van der Waals surface area (Å²) in [6.45, 7) is 9.04. The molecular weight excluding hydrogens is 222 g/mol. The molecule has 0 saturated heterocycles. The molecule has 0 saturated carbocycles. The zero-order valence-electron chi connectivity index (χ0n) is 11.1. The highest BCUT2D eigenvalue weighted by molar-refractivity contribution is 7.99. The van der Waals surface area contributed by atoms with E-state index in [1.165, 1.54) is 13.5 Å². The average molecular weight is 247 g/mol. The number of nitrogens with one attached hydrogen (secondary N) is 1. The van der Waals surface area contributed by atoms with E-state index in [1.54, 1.807) is 0 Å². The fraction of sp³-hybridized carbons (Fsp3) is 0.917. The molecule has 0 radical (unpaired) electrons. The molecule has 0 aliphatic heterocycles. The van der Waals surface area contributed by atoms with Crippen LogP contribution in [0.15, 0.2) is 0 Å². The number of thioether (sulfide) groups is 1. The molecular formula is C12H25NO2S. The Hall–Kier alpha value is -0.220. The van der Waals surface area contributed by atoms with Crippen LogP contribution >= 0.6 is 11.8 Å². The van der Waals surface area contributed by atoms with Crippen molar-refractivity contribution in [3.05, 3.63) is 0 Å². The van der Waals surface area contributed by atoms with Crippen LogP contribution in [0.5, 0.6) is 0 Å². The molecule has 0 aliphatic rings. The summed E-state index contributed by atoms with van der Waals surface area (Å²) in [6.07, 6.45) is 1.98. The standard InChI is InChI=1S/C12H25NO2S/c1-6-8-16-10(3)9-12(4,13-7-2)11(14)15-5/h10,13H,6-9H2,1-5H3. The summed E-state index contributed by atoms with van der Waals surface area (Å²) in [4.78, 5) is 11.7. The minimum Gasteiger partial charge on any atom is -0.468 e. The number of methoxy groups -OCH3 is 1. The van der Waals surface area contributed by atoms with Gasteiger partial charge in [-0.2, -0.15) is 11.8 Å². The second-order valence-electron chi connectivity index (χ2n) is 4.24. The van der Waals surface area contributed by atoms with Crippen LogP contribution in [-0.2, 0) is 9.53 Å². The van der Waals surface area contributed by atoms with E-state index in [4.69, 9.17) is 4.74 Å². The van der Waals surface area contributed by atoms with Gasteiger partial charge in [0, 0.05) is 5.25 Å². The molecule has 0 spiro atoms. The summed E-state index contributed by atoms with van der Waals surface area (Å²) >= 11 is 1.91. The lowest BCUT2D eigenvalue weighted by Gasteiger charge is -2.30. The van der Waals surface area contributed by atoms with Crippen molar-refractivity contribution >= 4 is 17.7 Å². The Morgan fingerprint density at radius 1 is 1.50 bits per heavy atom. The largest absolute Gasteiger partial charge is 0.468 e. The van der Waals surface area contributed by atoms with E-state index in [0.717, 1.165) is 18.7 Å². The molecule has 0 amide bonds. The van der Waals surface area contributed by atoms with Crippen molar-refractivity contribution in [1.29, 1.82) is 0 Å². The van der Waals surface area contributed by atoms with Gasteiger partial charge in [-0.05, 0) is 32.1 Å². The van der Waals surface area contributed by atoms with Gasteiger partial charge in [0.05, 0.1) is 7.11 Å². The number of carbonyl (C=O) groups is 1. The highest BCUT2D eigenvalue weighted by Gasteiger charge is 2.34. The maximum absolute atomic E-state index is 11.7. The van der Waals surface area contributed by atoms with Gasteiger partial charge in [0.2, 0.25) is 0 Å². The predicted molar refractivity (Wildman–Crippen MR) is 70.9 cm³/mol. The predicted octanol–water partition coefficient (Wildman–Crippen LogP) is 2.45. The van der Waals surface area contributed by atoms with Crippen LogP contribution in [0.2, 0.25) is 0 Å². The number of hydrogen-bond donors (Lipinski definition) is 1. The van der Waals surface area contributed by atoms with Crippen molar-refractivity contribution in [3.8, 4) is 0 Å². The van der Waals surface area contributed by atoms with Gasteiger partial charge in [0.25, 0.3) is 0 Å². The fourth-order valence-corrected chi connectivity index (χ4v) is 2.89. The first-order valence-corrected chi connectivity index (χ1v) is 7.00. The van der Waals surface area contributed by atoms with Crippen LogP contribution in [0.3, 0.4) is 0 Å². The van der Waals surface area contributed by atoms with Crippen molar-refractivity contribution in [3.63, 3.8) is 0 Å². The molecule has 4 heteroatoms. The lowest BCUT2D eigenvalue weighted by Crippen LogP contribution is -2.51. The third kappa shape index (κ3) is 5.21. The van der Waals surface area contributed by atoms with Crippen molar-refractivity contribution in [2.24, 2.45) is 0 Å². The number of carbonyl (C=O) groups excluding carboxylic acids is 1. The highest BCUT2D eigenvalue weighted by Crippen LogP contribution is 2.23. The maximum Gasteiger partial charge on any atom is 0.325 e. The minimum absolute atomic E-state index is 0.168. The van der Waals surface area contributed by atoms with E-state index < -0.39 is 5.54 Å². The molecule has 0 aromatic rings. The lowest BCUT2D eigenvalue weighted by atomic mass is 9.96. The molecule has 16 heavy (non-hydrogen) atoms. The molecule has 3 nitrogen and oxygen atoms in total. The minimum atomic E-state index is -0.552. The molecule has 0 aromatic carbocycles. The second kappa shape index (κ2) is 7.96. The van der Waals surface area contributed by atoms with Crippen LogP contribution in [0.4, 0.5) is 0 Å². The first kappa shape index (κ1) is 15.8. The van der Waals surface area contributed by atoms with E-state index in [2.05, 4.69) is 19.2 Å². The van der Waals surface area contributed by atoms with E-state index in [1.807, 2.05) is 25.6 Å². The fourth-order valence-electron chi connectivity index (χ4n) is 1.80. The summed E-state index contributed by atoms with van der Waals surface area (Å²) in [5, 5.41) is 3.69. The van der Waals surface area contributed by atoms with Crippen LogP contribution in [-0.4, -0.2) is 36.2 Å². The molecule has 0 aromatic heterocycles. The Labute approximate surface area is 104 Å². The van der Waals surface area contributed by atoms with Crippen LogP contribution in [0.25, 0.3) is 0 Å². The first-order valence-electron chi connectivity index (χ1n) is 5.95. The van der Waals surface area contributed by atoms with Crippen LogP contribution in [0, 0.1) is 0 Å². The lowest BCUT2D eigenvalue weighted by molar-refractivity contribution is -0.148. The van der Waals surface area contributed by atoms with Crippen molar-refractivity contribution in [2.75, 3.05) is 19.4 Å². The van der Waals surface area contributed by atoms with Crippen molar-refractivity contribution in [1.82, 2.24) is 5.32 Å². The van der Waals surface area contributed by atoms with E-state index in [9.17, 15) is 4.79 Å². The van der Waals surface area contributed by atoms with Gasteiger partial charge < -0.3 is 10.1 Å². The van der Waals surface area contributed by atoms with Gasteiger partial charge >= 0.3 is 5.97 Å². The Bertz CT molecular complexity index is 211. The summed E-state index contributed by atoms with van der Waals surface area (Å²) in [7, 11) is 1.45. The summed E-state index contributed by atoms with van der Waals surface area (Å²) < 4.78 is 4.86. The van der Waals surface area contributed by atoms with Crippen molar-refractivity contribution < 1.29 is 9.53 Å². The molecule has 2 unspecified atom stereocenters. The Morgan fingerprint density at radius 3 is 2.56 bits per heavy atom. The molecule has 0 rings (SSSR count). The van der Waals surface area contributed by atoms with E-state index >= 15 is 0 Å². The summed E-state index contributed by atoms with van der Waals surface area (Å²) in [6, 6.07) is 0. The third-order valence-corrected chi connectivity index (χ3v) is 3.88. The number of ether oxygens (including phenoxy) is 1. The van der Waals surface area contributed by atoms with Gasteiger partial charge in [0.1, 0.15) is 5.54 Å². The monoisotopic (exact) mass is 247 g/mol. The van der Waals surface area contributed by atoms with Gasteiger partial charge in [0.15, 0.2) is 0 Å². The normalized spacial score (nSPS) is 16.6. The third-order valence-electron chi connectivity index (χ3n) is 2.51. The summed E-state index contributed by atoms with van der Waals surface area (Å²) in [5.41, 5.74) is -0.552. The number of rotatable bonds is 8. The van der Waals surface area contributed by atoms with Crippen molar-refractivity contribution in [2.45, 2.75) is 51.3 Å². The topological polar surface area (TPSA) is 38.3 Å². The molecule has 0 aliphatic carbocycles. The number of esters is 1. The number of hydrogen-bond acceptors (Lipinski definition) is 4. The molecule has 0 bridgehead atoms. The van der Waals surface area contributed by atoms with Crippen LogP contribution in [0.1, 0.15) is 40.5 Å². The van der Waals surface area contributed by atoms with Gasteiger partial charge in [-0.15, -0.1) is 0 Å². The molecule has 0 heterocycles. The zero-order chi connectivity index (χ0) is 12.6. The van der Waals surface area contributed by atoms with Gasteiger partial charge in [-0.1, -0.05) is 20.8 Å². The van der Waals surface area contributed by atoms with E-state index in [0.29, 0.717) is 5.25 Å². The molecule has 0 fully saturated rings. The maximum atomic E-state index is 11.7. The molecule has 1 N–H and O–H groups in total. The highest BCUT2D eigenvalue weighted by atomic mass is 32.2.